The third kappa shape index (κ3) is 3.84. The molecule has 0 saturated carbocycles. The highest BCUT2D eigenvalue weighted by Gasteiger charge is 2.28. The summed E-state index contributed by atoms with van der Waals surface area (Å²) in [5, 5.41) is 16.6. The predicted octanol–water partition coefficient (Wildman–Crippen LogP) is 4.45. The van der Waals surface area contributed by atoms with Crippen molar-refractivity contribution in [2.75, 3.05) is 7.11 Å². The topological polar surface area (TPSA) is 41.5 Å². The van der Waals surface area contributed by atoms with E-state index < -0.39 is 11.6 Å². The minimum Gasteiger partial charge on any atom is -0.496 e. The molecule has 130 valence electrons. The molecule has 3 nitrogen and oxygen atoms in total. The van der Waals surface area contributed by atoms with Gasteiger partial charge in [0.15, 0.2) is 0 Å². The molecule has 0 aliphatic heterocycles. The van der Waals surface area contributed by atoms with Crippen LogP contribution in [0.3, 0.4) is 0 Å². The monoisotopic (exact) mass is 335 g/mol. The van der Waals surface area contributed by atoms with Gasteiger partial charge in [0.25, 0.3) is 0 Å². The summed E-state index contributed by atoms with van der Waals surface area (Å²) in [6.07, 6.45) is -0.597. The molecule has 1 unspecified atom stereocenters. The van der Waals surface area contributed by atoms with Crippen molar-refractivity contribution < 1.29 is 9.84 Å². The smallest absolute Gasteiger partial charge is 0.123 e. The highest BCUT2D eigenvalue weighted by Crippen LogP contribution is 2.29. The normalized spacial score (nSPS) is 13.0. The number of fused-ring (bicyclic) bond motifs is 1. The van der Waals surface area contributed by atoms with E-state index in [-0.39, 0.29) is 0 Å². The molecule has 0 radical (unpaired) electrons. The molecular formula is C22H25NO2. The largest absolute Gasteiger partial charge is 0.496 e. The summed E-state index contributed by atoms with van der Waals surface area (Å²) in [4.78, 5) is 0. The van der Waals surface area contributed by atoms with E-state index in [0.29, 0.717) is 6.54 Å². The van der Waals surface area contributed by atoms with Gasteiger partial charge >= 0.3 is 0 Å². The SMILES string of the molecule is COc1cc2ccccc2cc1CNC(C)(C)C(O)c1ccccc1. The number of ether oxygens (including phenoxy) is 1. The van der Waals surface area contributed by atoms with Gasteiger partial charge in [-0.1, -0.05) is 54.6 Å². The average Bonchev–Trinajstić information content (AvgIpc) is 2.65. The van der Waals surface area contributed by atoms with Crippen LogP contribution in [0, 0.1) is 0 Å². The van der Waals surface area contributed by atoms with Gasteiger partial charge in [0.05, 0.1) is 13.2 Å². The Morgan fingerprint density at radius 1 is 0.960 bits per heavy atom. The average molecular weight is 335 g/mol. The molecule has 0 amide bonds. The van der Waals surface area contributed by atoms with Crippen LogP contribution >= 0.6 is 0 Å². The molecule has 3 aromatic carbocycles. The Kier molecular flexibility index (Phi) is 5.07. The van der Waals surface area contributed by atoms with E-state index in [9.17, 15) is 5.11 Å². The van der Waals surface area contributed by atoms with Gasteiger partial charge < -0.3 is 15.2 Å². The second kappa shape index (κ2) is 7.26. The molecule has 0 aromatic heterocycles. The maximum atomic E-state index is 10.7. The van der Waals surface area contributed by atoms with Gasteiger partial charge in [-0.2, -0.15) is 0 Å². The van der Waals surface area contributed by atoms with Crippen molar-refractivity contribution >= 4 is 10.8 Å². The fourth-order valence-electron chi connectivity index (χ4n) is 3.07. The van der Waals surface area contributed by atoms with Crippen LogP contribution in [0.4, 0.5) is 0 Å². The first kappa shape index (κ1) is 17.5. The first-order valence-electron chi connectivity index (χ1n) is 8.55. The first-order chi connectivity index (χ1) is 12.0. The number of rotatable bonds is 6. The lowest BCUT2D eigenvalue weighted by Crippen LogP contribution is -2.44. The van der Waals surface area contributed by atoms with Crippen molar-refractivity contribution in [2.24, 2.45) is 0 Å². The number of aliphatic hydroxyl groups is 1. The van der Waals surface area contributed by atoms with E-state index in [1.54, 1.807) is 7.11 Å². The molecule has 3 aromatic rings. The Balaban J connectivity index is 1.81. The molecule has 25 heavy (non-hydrogen) atoms. The van der Waals surface area contributed by atoms with Crippen LogP contribution in [-0.4, -0.2) is 17.8 Å². The zero-order chi connectivity index (χ0) is 17.9. The molecule has 0 aliphatic carbocycles. The van der Waals surface area contributed by atoms with Gasteiger partial charge in [-0.15, -0.1) is 0 Å². The van der Waals surface area contributed by atoms with Gasteiger partial charge in [0.2, 0.25) is 0 Å². The van der Waals surface area contributed by atoms with Crippen LogP contribution in [0.1, 0.15) is 31.1 Å². The maximum Gasteiger partial charge on any atom is 0.123 e. The van der Waals surface area contributed by atoms with Crippen molar-refractivity contribution in [2.45, 2.75) is 32.0 Å². The molecule has 0 saturated heterocycles. The Bertz CT molecular complexity index is 843. The van der Waals surface area contributed by atoms with Gasteiger partial charge in [0.1, 0.15) is 5.75 Å². The summed E-state index contributed by atoms with van der Waals surface area (Å²) in [6, 6.07) is 22.2. The molecule has 1 atom stereocenters. The van der Waals surface area contributed by atoms with Gasteiger partial charge in [-0.05, 0) is 42.3 Å². The minimum atomic E-state index is -0.597. The van der Waals surface area contributed by atoms with Gasteiger partial charge in [-0.3, -0.25) is 0 Å². The van der Waals surface area contributed by atoms with Crippen molar-refractivity contribution in [3.05, 3.63) is 77.9 Å². The first-order valence-corrected chi connectivity index (χ1v) is 8.55. The number of hydrogen-bond acceptors (Lipinski definition) is 3. The number of methoxy groups -OCH3 is 1. The molecule has 0 bridgehead atoms. The zero-order valence-electron chi connectivity index (χ0n) is 15.0. The molecule has 3 heteroatoms. The Morgan fingerprint density at radius 2 is 1.56 bits per heavy atom. The fraction of sp³-hybridized carbons (Fsp3) is 0.273. The predicted molar refractivity (Wildman–Crippen MR) is 103 cm³/mol. The van der Waals surface area contributed by atoms with E-state index in [1.165, 1.54) is 5.39 Å². The van der Waals surface area contributed by atoms with Crippen molar-refractivity contribution in [3.63, 3.8) is 0 Å². The van der Waals surface area contributed by atoms with E-state index in [0.717, 1.165) is 22.3 Å². The van der Waals surface area contributed by atoms with Crippen LogP contribution < -0.4 is 10.1 Å². The van der Waals surface area contributed by atoms with Crippen molar-refractivity contribution in [1.82, 2.24) is 5.32 Å². The second-order valence-electron chi connectivity index (χ2n) is 6.90. The van der Waals surface area contributed by atoms with E-state index in [4.69, 9.17) is 4.74 Å². The molecule has 0 aliphatic rings. The van der Waals surface area contributed by atoms with Crippen LogP contribution in [0.25, 0.3) is 10.8 Å². The van der Waals surface area contributed by atoms with Crippen molar-refractivity contribution in [3.8, 4) is 5.75 Å². The van der Waals surface area contributed by atoms with Crippen LogP contribution in [0.5, 0.6) is 5.75 Å². The lowest BCUT2D eigenvalue weighted by Gasteiger charge is -2.32. The van der Waals surface area contributed by atoms with Crippen LogP contribution in [-0.2, 0) is 6.54 Å². The zero-order valence-corrected chi connectivity index (χ0v) is 15.0. The summed E-state index contributed by atoms with van der Waals surface area (Å²) in [5.74, 6) is 0.858. The second-order valence-corrected chi connectivity index (χ2v) is 6.90. The van der Waals surface area contributed by atoms with Gasteiger partial charge in [0, 0.05) is 17.6 Å². The quantitative estimate of drug-likeness (QED) is 0.699. The number of hydrogen-bond donors (Lipinski definition) is 2. The Labute approximate surface area is 149 Å². The molecule has 2 N–H and O–H groups in total. The third-order valence-corrected chi connectivity index (χ3v) is 4.68. The third-order valence-electron chi connectivity index (χ3n) is 4.68. The summed E-state index contributed by atoms with van der Waals surface area (Å²) < 4.78 is 5.56. The lowest BCUT2D eigenvalue weighted by atomic mass is 9.91. The summed E-state index contributed by atoms with van der Waals surface area (Å²) >= 11 is 0. The molecule has 0 spiro atoms. The molecule has 3 rings (SSSR count). The van der Waals surface area contributed by atoms with Crippen LogP contribution in [0.2, 0.25) is 0 Å². The standard InChI is InChI=1S/C22H25NO2/c1-22(2,21(24)16-9-5-4-6-10-16)23-15-19-13-17-11-7-8-12-18(17)14-20(19)25-3/h4-14,21,23-24H,15H2,1-3H3. The highest BCUT2D eigenvalue weighted by atomic mass is 16.5. The van der Waals surface area contributed by atoms with E-state index >= 15 is 0 Å². The number of nitrogens with one attached hydrogen (secondary N) is 1. The van der Waals surface area contributed by atoms with E-state index in [1.807, 2.05) is 56.3 Å². The maximum absolute atomic E-state index is 10.7. The number of aliphatic hydroxyl groups excluding tert-OH is 1. The van der Waals surface area contributed by atoms with E-state index in [2.05, 4.69) is 29.6 Å². The summed E-state index contributed by atoms with van der Waals surface area (Å²) in [7, 11) is 1.69. The minimum absolute atomic E-state index is 0.474. The molecule has 0 fully saturated rings. The Hall–Kier alpha value is -2.36. The van der Waals surface area contributed by atoms with Gasteiger partial charge in [-0.25, -0.2) is 0 Å². The fourth-order valence-corrected chi connectivity index (χ4v) is 3.07. The molecular weight excluding hydrogens is 310 g/mol. The summed E-state index contributed by atoms with van der Waals surface area (Å²) in [5.41, 5.74) is 1.51. The molecule has 0 heterocycles. The van der Waals surface area contributed by atoms with Crippen LogP contribution in [0.15, 0.2) is 66.7 Å². The highest BCUT2D eigenvalue weighted by molar-refractivity contribution is 5.85. The van der Waals surface area contributed by atoms with Crippen molar-refractivity contribution in [1.29, 1.82) is 0 Å². The number of benzene rings is 3. The lowest BCUT2D eigenvalue weighted by molar-refractivity contribution is 0.0790. The summed E-state index contributed by atoms with van der Waals surface area (Å²) in [6.45, 7) is 4.64. The Morgan fingerprint density at radius 3 is 2.20 bits per heavy atom.